The Kier molecular flexibility index (Phi) is 20.5. The van der Waals surface area contributed by atoms with Crippen LogP contribution in [0.1, 0.15) is 136 Å². The van der Waals surface area contributed by atoms with Crippen molar-refractivity contribution in [1.29, 1.82) is 0 Å². The van der Waals surface area contributed by atoms with Crippen molar-refractivity contribution in [3.05, 3.63) is 12.1 Å². The van der Waals surface area contributed by atoms with Crippen molar-refractivity contribution in [3.63, 3.8) is 0 Å². The number of hydrogen-bond acceptors (Lipinski definition) is 4. The van der Waals surface area contributed by atoms with Crippen LogP contribution in [-0.2, 0) is 0 Å². The molecule has 1 aromatic carbocycles. The molecule has 0 N–H and O–H groups in total. The summed E-state index contributed by atoms with van der Waals surface area (Å²) in [4.78, 5) is 0.864. The highest BCUT2D eigenvalue weighted by atomic mass is 32.1. The molecule has 0 fully saturated rings. The molecule has 0 amide bonds. The fourth-order valence-electron chi connectivity index (χ4n) is 4.11. The summed E-state index contributed by atoms with van der Waals surface area (Å²) >= 11 is 4.62. The van der Waals surface area contributed by atoms with Crippen LogP contribution in [0, 0.1) is 0 Å². The van der Waals surface area contributed by atoms with Gasteiger partial charge in [0.15, 0.2) is 11.5 Å². The molecule has 0 aromatic heterocycles. The molecule has 0 unspecified atom stereocenters. The third-order valence-electron chi connectivity index (χ3n) is 6.26. The fourth-order valence-corrected chi connectivity index (χ4v) is 4.34. The van der Waals surface area contributed by atoms with Crippen molar-refractivity contribution >= 4 is 12.6 Å². The molecular formula is C30H54O3S. The van der Waals surface area contributed by atoms with E-state index >= 15 is 0 Å². The quantitative estimate of drug-likeness (QED) is 0.114. The van der Waals surface area contributed by atoms with Gasteiger partial charge in [-0.15, -0.1) is 12.6 Å². The smallest absolute Gasteiger partial charge is 0.203 e. The van der Waals surface area contributed by atoms with Gasteiger partial charge in [-0.3, -0.25) is 0 Å². The predicted octanol–water partition coefficient (Wildman–Crippen LogP) is 10.2. The van der Waals surface area contributed by atoms with Gasteiger partial charge in [0, 0.05) is 4.90 Å². The van der Waals surface area contributed by atoms with E-state index in [-0.39, 0.29) is 0 Å². The van der Waals surface area contributed by atoms with E-state index in [1.165, 1.54) is 96.3 Å². The maximum Gasteiger partial charge on any atom is 0.203 e. The predicted molar refractivity (Wildman–Crippen MR) is 150 cm³/mol. The molecule has 4 heteroatoms. The number of unbranched alkanes of at least 4 members (excludes halogenated alkanes) is 15. The average Bonchev–Trinajstić information content (AvgIpc) is 2.83. The molecule has 0 saturated carbocycles. The molecule has 0 atom stereocenters. The van der Waals surface area contributed by atoms with Crippen molar-refractivity contribution in [1.82, 2.24) is 0 Å². The second-order valence-corrected chi connectivity index (χ2v) is 10.1. The Labute approximate surface area is 217 Å². The van der Waals surface area contributed by atoms with Crippen LogP contribution in [0.4, 0.5) is 0 Å². The lowest BCUT2D eigenvalue weighted by Gasteiger charge is -2.18. The minimum atomic E-state index is 0.707. The van der Waals surface area contributed by atoms with Gasteiger partial charge in [-0.1, -0.05) is 117 Å². The largest absolute Gasteiger partial charge is 0.490 e. The number of hydrogen-bond donors (Lipinski definition) is 1. The first-order valence-corrected chi connectivity index (χ1v) is 14.9. The molecule has 0 radical (unpaired) electrons. The molecule has 198 valence electrons. The Morgan fingerprint density at radius 3 is 1.18 bits per heavy atom. The zero-order valence-electron chi connectivity index (χ0n) is 22.7. The van der Waals surface area contributed by atoms with E-state index in [9.17, 15) is 0 Å². The third-order valence-corrected chi connectivity index (χ3v) is 6.52. The lowest BCUT2D eigenvalue weighted by Crippen LogP contribution is -2.06. The first-order chi connectivity index (χ1) is 16.7. The van der Waals surface area contributed by atoms with Crippen LogP contribution >= 0.6 is 12.6 Å². The monoisotopic (exact) mass is 494 g/mol. The van der Waals surface area contributed by atoms with E-state index in [0.717, 1.165) is 41.4 Å². The van der Waals surface area contributed by atoms with Gasteiger partial charge in [0.25, 0.3) is 0 Å². The number of ether oxygens (including phenoxy) is 3. The molecule has 3 nitrogen and oxygen atoms in total. The lowest BCUT2D eigenvalue weighted by atomic mass is 10.1. The SMILES string of the molecule is CCCCCCCCOc1cc(S)cc(OCCCCCCCC)c1OCCCCCCCC. The van der Waals surface area contributed by atoms with Gasteiger partial charge >= 0.3 is 0 Å². The summed E-state index contributed by atoms with van der Waals surface area (Å²) in [7, 11) is 0. The molecular weight excluding hydrogens is 440 g/mol. The minimum absolute atomic E-state index is 0.707. The molecule has 34 heavy (non-hydrogen) atoms. The van der Waals surface area contributed by atoms with E-state index in [2.05, 4.69) is 33.4 Å². The Bertz CT molecular complexity index is 551. The Hall–Kier alpha value is -1.03. The number of benzene rings is 1. The molecule has 0 spiro atoms. The molecule has 0 aliphatic heterocycles. The zero-order chi connectivity index (χ0) is 24.7. The van der Waals surface area contributed by atoms with E-state index in [0.29, 0.717) is 19.8 Å². The molecule has 0 heterocycles. The summed E-state index contributed by atoms with van der Waals surface area (Å²) in [5.74, 6) is 2.33. The highest BCUT2D eigenvalue weighted by Crippen LogP contribution is 2.40. The van der Waals surface area contributed by atoms with Gasteiger partial charge in [0.1, 0.15) is 0 Å². The van der Waals surface area contributed by atoms with Crippen molar-refractivity contribution in [2.24, 2.45) is 0 Å². The summed E-state index contributed by atoms with van der Waals surface area (Å²) in [6, 6.07) is 3.96. The van der Waals surface area contributed by atoms with Crippen molar-refractivity contribution in [2.75, 3.05) is 19.8 Å². The van der Waals surface area contributed by atoms with Crippen molar-refractivity contribution in [2.45, 2.75) is 141 Å². The van der Waals surface area contributed by atoms with E-state index in [1.807, 2.05) is 12.1 Å². The van der Waals surface area contributed by atoms with Gasteiger partial charge in [-0.2, -0.15) is 0 Å². The van der Waals surface area contributed by atoms with E-state index in [1.54, 1.807) is 0 Å². The first kappa shape index (κ1) is 31.0. The molecule has 0 aliphatic rings. The summed E-state index contributed by atoms with van der Waals surface area (Å²) in [6.45, 7) is 8.91. The standard InChI is InChI=1S/C30H54O3S/c1-4-7-10-13-16-19-22-31-28-25-27(34)26-29(32-23-20-17-14-11-8-5-2)30(28)33-24-21-18-15-12-9-6-3/h25-26,34H,4-24H2,1-3H3. The van der Waals surface area contributed by atoms with Crippen LogP contribution in [0.15, 0.2) is 17.0 Å². The molecule has 0 saturated heterocycles. The van der Waals surface area contributed by atoms with Crippen molar-refractivity contribution in [3.8, 4) is 17.2 Å². The van der Waals surface area contributed by atoms with Gasteiger partial charge < -0.3 is 14.2 Å². The van der Waals surface area contributed by atoms with Crippen LogP contribution < -0.4 is 14.2 Å². The topological polar surface area (TPSA) is 27.7 Å². The minimum Gasteiger partial charge on any atom is -0.490 e. The maximum absolute atomic E-state index is 6.27. The molecule has 1 rings (SSSR count). The van der Waals surface area contributed by atoms with Crippen molar-refractivity contribution < 1.29 is 14.2 Å². The Morgan fingerprint density at radius 2 is 0.794 bits per heavy atom. The number of rotatable bonds is 24. The Morgan fingerprint density at radius 1 is 0.471 bits per heavy atom. The fraction of sp³-hybridized carbons (Fsp3) is 0.800. The molecule has 1 aromatic rings. The second kappa shape index (κ2) is 22.4. The highest BCUT2D eigenvalue weighted by Gasteiger charge is 2.15. The molecule has 0 aliphatic carbocycles. The Balaban J connectivity index is 2.61. The van der Waals surface area contributed by atoms with Gasteiger partial charge in [-0.05, 0) is 31.4 Å². The summed E-state index contributed by atoms with van der Waals surface area (Å²) in [5, 5.41) is 0. The van der Waals surface area contributed by atoms with Crippen LogP contribution in [0.25, 0.3) is 0 Å². The summed E-state index contributed by atoms with van der Waals surface area (Å²) in [5.41, 5.74) is 0. The second-order valence-electron chi connectivity index (χ2n) is 9.62. The molecule has 0 bridgehead atoms. The average molecular weight is 495 g/mol. The van der Waals surface area contributed by atoms with E-state index < -0.39 is 0 Å². The third kappa shape index (κ3) is 15.8. The summed E-state index contributed by atoms with van der Waals surface area (Å²) in [6.07, 6.45) is 22.6. The normalized spacial score (nSPS) is 11.1. The van der Waals surface area contributed by atoms with Gasteiger partial charge in [-0.25, -0.2) is 0 Å². The summed E-state index contributed by atoms with van der Waals surface area (Å²) < 4.78 is 18.7. The van der Waals surface area contributed by atoms with Gasteiger partial charge in [0.2, 0.25) is 5.75 Å². The maximum atomic E-state index is 6.27. The highest BCUT2D eigenvalue weighted by molar-refractivity contribution is 7.80. The first-order valence-electron chi connectivity index (χ1n) is 14.5. The van der Waals surface area contributed by atoms with Gasteiger partial charge in [0.05, 0.1) is 19.8 Å². The van der Waals surface area contributed by atoms with Crippen LogP contribution in [0.5, 0.6) is 17.2 Å². The zero-order valence-corrected chi connectivity index (χ0v) is 23.6. The van der Waals surface area contributed by atoms with Crippen LogP contribution in [0.2, 0.25) is 0 Å². The lowest BCUT2D eigenvalue weighted by molar-refractivity contribution is 0.233. The van der Waals surface area contributed by atoms with Crippen LogP contribution in [-0.4, -0.2) is 19.8 Å². The van der Waals surface area contributed by atoms with E-state index in [4.69, 9.17) is 14.2 Å². The number of thiol groups is 1. The van der Waals surface area contributed by atoms with Crippen LogP contribution in [0.3, 0.4) is 0 Å².